The van der Waals surface area contributed by atoms with Gasteiger partial charge in [-0.05, 0) is 25.7 Å². The minimum Gasteiger partial charge on any atom is -0.344 e. The molecule has 1 N–H and O–H groups in total. The van der Waals surface area contributed by atoms with Crippen molar-refractivity contribution in [2.75, 3.05) is 12.3 Å². The van der Waals surface area contributed by atoms with Crippen LogP contribution in [0.25, 0.3) is 0 Å². The number of likely N-dealkylation sites (tertiary alicyclic amines) is 1. The van der Waals surface area contributed by atoms with Crippen molar-refractivity contribution >= 4 is 24.4 Å². The van der Waals surface area contributed by atoms with Gasteiger partial charge in [-0.15, -0.1) is 0 Å². The van der Waals surface area contributed by atoms with Gasteiger partial charge in [-0.3, -0.25) is 9.59 Å². The zero-order valence-corrected chi connectivity index (χ0v) is 11.7. The van der Waals surface area contributed by atoms with Crippen LogP contribution in [0.5, 0.6) is 0 Å². The van der Waals surface area contributed by atoms with Crippen LogP contribution in [0.3, 0.4) is 0 Å². The number of thiol groups is 1. The fourth-order valence-electron chi connectivity index (χ4n) is 2.23. The number of nitrogens with one attached hydrogen (secondary N) is 1. The largest absolute Gasteiger partial charge is 0.344 e. The Bertz CT molecular complexity index is 296. The Balaban J connectivity index is 2.68. The summed E-state index contributed by atoms with van der Waals surface area (Å²) in [5.74, 6) is 0.688. The first-order valence-electron chi connectivity index (χ1n) is 6.14. The second-order valence-electron chi connectivity index (χ2n) is 4.96. The van der Waals surface area contributed by atoms with Gasteiger partial charge in [0.25, 0.3) is 0 Å². The molecule has 0 spiro atoms. The first-order chi connectivity index (χ1) is 7.95. The molecule has 0 aromatic carbocycles. The van der Waals surface area contributed by atoms with Crippen molar-refractivity contribution in [2.24, 2.45) is 5.92 Å². The van der Waals surface area contributed by atoms with Crippen molar-refractivity contribution in [1.82, 2.24) is 10.2 Å². The van der Waals surface area contributed by atoms with Crippen molar-refractivity contribution in [3.63, 3.8) is 0 Å². The van der Waals surface area contributed by atoms with E-state index in [-0.39, 0.29) is 17.9 Å². The van der Waals surface area contributed by atoms with E-state index in [1.165, 1.54) is 6.92 Å². The fraction of sp³-hybridized carbons (Fsp3) is 0.833. The van der Waals surface area contributed by atoms with Crippen molar-refractivity contribution in [2.45, 2.75) is 45.7 Å². The molecule has 0 aromatic heterocycles. The minimum atomic E-state index is -0.497. The highest BCUT2D eigenvalue weighted by Crippen LogP contribution is 2.22. The number of hydrogen-bond acceptors (Lipinski definition) is 3. The molecule has 2 amide bonds. The van der Waals surface area contributed by atoms with E-state index in [0.29, 0.717) is 11.7 Å². The maximum atomic E-state index is 12.3. The summed E-state index contributed by atoms with van der Waals surface area (Å²) in [6.07, 6.45) is 2.20. The molecule has 1 rings (SSSR count). The molecule has 17 heavy (non-hydrogen) atoms. The molecule has 1 fully saturated rings. The normalized spacial score (nSPS) is 26.5. The molecule has 3 unspecified atom stereocenters. The summed E-state index contributed by atoms with van der Waals surface area (Å²) in [6.45, 7) is 6.42. The van der Waals surface area contributed by atoms with Crippen LogP contribution >= 0.6 is 12.6 Å². The maximum absolute atomic E-state index is 12.3. The van der Waals surface area contributed by atoms with Crippen LogP contribution in [0.2, 0.25) is 0 Å². The predicted molar refractivity (Wildman–Crippen MR) is 71.0 cm³/mol. The van der Waals surface area contributed by atoms with Gasteiger partial charge in [0.05, 0.1) is 0 Å². The van der Waals surface area contributed by atoms with E-state index in [1.807, 2.05) is 4.90 Å². The van der Waals surface area contributed by atoms with Crippen LogP contribution in [0.15, 0.2) is 0 Å². The number of carbonyl (C=O) groups is 2. The van der Waals surface area contributed by atoms with Gasteiger partial charge in [0.1, 0.15) is 6.04 Å². The Morgan fingerprint density at radius 2 is 2.06 bits per heavy atom. The maximum Gasteiger partial charge on any atom is 0.246 e. The molecule has 4 nitrogen and oxygen atoms in total. The molecule has 1 aliphatic rings. The third-order valence-corrected chi connectivity index (χ3v) is 3.62. The molecule has 1 saturated heterocycles. The van der Waals surface area contributed by atoms with E-state index in [1.54, 1.807) is 0 Å². The molecule has 0 radical (unpaired) electrons. The lowest BCUT2D eigenvalue weighted by Crippen LogP contribution is -2.54. The second kappa shape index (κ2) is 6.28. The number of piperidine rings is 1. The summed E-state index contributed by atoms with van der Waals surface area (Å²) in [5.41, 5.74) is 0. The lowest BCUT2D eigenvalue weighted by Gasteiger charge is -2.38. The van der Waals surface area contributed by atoms with Crippen molar-refractivity contribution < 1.29 is 9.59 Å². The van der Waals surface area contributed by atoms with Crippen LogP contribution in [-0.2, 0) is 9.59 Å². The molecular weight excluding hydrogens is 236 g/mol. The Morgan fingerprint density at radius 3 is 2.59 bits per heavy atom. The van der Waals surface area contributed by atoms with E-state index in [2.05, 4.69) is 31.8 Å². The first kappa shape index (κ1) is 14.4. The molecule has 1 heterocycles. The van der Waals surface area contributed by atoms with Gasteiger partial charge >= 0.3 is 0 Å². The Labute approximate surface area is 109 Å². The smallest absolute Gasteiger partial charge is 0.246 e. The van der Waals surface area contributed by atoms with Gasteiger partial charge in [0, 0.05) is 25.3 Å². The number of rotatable bonds is 3. The molecule has 0 aromatic rings. The molecular formula is C12H22N2O2S. The molecule has 5 heteroatoms. The molecule has 1 aliphatic heterocycles. The molecule has 0 bridgehead atoms. The number of carbonyl (C=O) groups excluding carboxylic acids is 2. The molecule has 98 valence electrons. The summed E-state index contributed by atoms with van der Waals surface area (Å²) >= 11 is 4.14. The molecule has 0 saturated carbocycles. The van der Waals surface area contributed by atoms with Crippen LogP contribution in [0.1, 0.15) is 33.6 Å². The monoisotopic (exact) mass is 258 g/mol. The quantitative estimate of drug-likeness (QED) is 0.744. The van der Waals surface area contributed by atoms with Gasteiger partial charge in [-0.25, -0.2) is 0 Å². The van der Waals surface area contributed by atoms with Crippen LogP contribution in [0.4, 0.5) is 0 Å². The highest BCUT2D eigenvalue weighted by molar-refractivity contribution is 7.80. The van der Waals surface area contributed by atoms with Crippen molar-refractivity contribution in [3.8, 4) is 0 Å². The average molecular weight is 258 g/mol. The highest BCUT2D eigenvalue weighted by Gasteiger charge is 2.31. The standard InChI is InChI=1S/C12H22N2O2S/c1-8-4-5-9(2)14(6-8)12(16)11(7-17)13-10(3)15/h8-9,11,17H,4-7H2,1-3H3,(H,13,15). The van der Waals surface area contributed by atoms with E-state index < -0.39 is 6.04 Å². The van der Waals surface area contributed by atoms with Crippen LogP contribution in [-0.4, -0.2) is 41.1 Å². The average Bonchev–Trinajstić information content (AvgIpc) is 2.28. The van der Waals surface area contributed by atoms with Gasteiger partial charge in [0.15, 0.2) is 0 Å². The van der Waals surface area contributed by atoms with Crippen molar-refractivity contribution in [1.29, 1.82) is 0 Å². The molecule has 3 atom stereocenters. The van der Waals surface area contributed by atoms with E-state index in [9.17, 15) is 9.59 Å². The predicted octanol–water partition coefficient (Wildman–Crippen LogP) is 1.07. The van der Waals surface area contributed by atoms with Crippen molar-refractivity contribution in [3.05, 3.63) is 0 Å². The molecule has 0 aliphatic carbocycles. The zero-order chi connectivity index (χ0) is 13.0. The van der Waals surface area contributed by atoms with E-state index in [4.69, 9.17) is 0 Å². The Kier molecular flexibility index (Phi) is 5.31. The zero-order valence-electron chi connectivity index (χ0n) is 10.8. The van der Waals surface area contributed by atoms with Gasteiger partial charge in [0.2, 0.25) is 11.8 Å². The second-order valence-corrected chi connectivity index (χ2v) is 5.32. The van der Waals surface area contributed by atoms with Gasteiger partial charge < -0.3 is 10.2 Å². The van der Waals surface area contributed by atoms with E-state index in [0.717, 1.165) is 19.4 Å². The Hall–Kier alpha value is -0.710. The van der Waals surface area contributed by atoms with Gasteiger partial charge in [-0.1, -0.05) is 6.92 Å². The summed E-state index contributed by atoms with van der Waals surface area (Å²) in [5, 5.41) is 2.66. The van der Waals surface area contributed by atoms with Gasteiger partial charge in [-0.2, -0.15) is 12.6 Å². The van der Waals surface area contributed by atoms with Crippen LogP contribution in [0, 0.1) is 5.92 Å². The topological polar surface area (TPSA) is 49.4 Å². The first-order valence-corrected chi connectivity index (χ1v) is 6.77. The summed E-state index contributed by atoms with van der Waals surface area (Å²) in [6, 6.07) is -0.238. The highest BCUT2D eigenvalue weighted by atomic mass is 32.1. The third-order valence-electron chi connectivity index (χ3n) is 3.26. The summed E-state index contributed by atoms with van der Waals surface area (Å²) in [7, 11) is 0. The van der Waals surface area contributed by atoms with E-state index >= 15 is 0 Å². The summed E-state index contributed by atoms with van der Waals surface area (Å²) in [4.78, 5) is 25.2. The lowest BCUT2D eigenvalue weighted by atomic mass is 9.94. The minimum absolute atomic E-state index is 0.00532. The third kappa shape index (κ3) is 3.91. The summed E-state index contributed by atoms with van der Waals surface area (Å²) < 4.78 is 0. The number of amides is 2. The van der Waals surface area contributed by atoms with Crippen LogP contribution < -0.4 is 5.32 Å². The number of hydrogen-bond donors (Lipinski definition) is 2. The lowest BCUT2D eigenvalue weighted by molar-refractivity contribution is -0.139. The fourth-order valence-corrected chi connectivity index (χ4v) is 2.47. The number of nitrogens with zero attached hydrogens (tertiary/aromatic N) is 1. The Morgan fingerprint density at radius 1 is 1.41 bits per heavy atom. The SMILES string of the molecule is CC(=O)NC(CS)C(=O)N1CC(C)CCC1C.